The van der Waals surface area contributed by atoms with E-state index in [1.165, 1.54) is 7.11 Å². The van der Waals surface area contributed by atoms with E-state index in [0.29, 0.717) is 22.4 Å². The Morgan fingerprint density at radius 3 is 2.55 bits per heavy atom. The fourth-order valence-electron chi connectivity index (χ4n) is 3.63. The summed E-state index contributed by atoms with van der Waals surface area (Å²) in [5.41, 5.74) is 4.37. The highest BCUT2D eigenvalue weighted by atomic mass is 32.1. The Hall–Kier alpha value is -3.72. The van der Waals surface area contributed by atoms with Gasteiger partial charge in [0, 0.05) is 24.2 Å². The minimum atomic E-state index is -0.647. The molecule has 1 aliphatic rings. The number of carbonyl (C=O) groups is 3. The number of ether oxygens (including phenoxy) is 1. The van der Waals surface area contributed by atoms with E-state index in [1.54, 1.807) is 4.90 Å². The van der Waals surface area contributed by atoms with Crippen LogP contribution in [0.5, 0.6) is 0 Å². The molecule has 0 saturated carbocycles. The lowest BCUT2D eigenvalue weighted by molar-refractivity contribution is -0.122. The molecule has 1 aromatic heterocycles. The van der Waals surface area contributed by atoms with Gasteiger partial charge in [-0.2, -0.15) is 0 Å². The number of nitrogens with zero attached hydrogens (tertiary/aromatic N) is 2. The zero-order valence-electron chi connectivity index (χ0n) is 18.5. The highest BCUT2D eigenvalue weighted by molar-refractivity contribution is 7.20. The van der Waals surface area contributed by atoms with Crippen molar-refractivity contribution in [1.82, 2.24) is 4.98 Å². The second kappa shape index (κ2) is 9.41. The minimum Gasteiger partial charge on any atom is -0.453 e. The topological polar surface area (TPSA) is 101 Å². The van der Waals surface area contributed by atoms with Crippen molar-refractivity contribution in [2.75, 3.05) is 29.2 Å². The van der Waals surface area contributed by atoms with Crippen LogP contribution in [0, 0.1) is 19.8 Å². The first kappa shape index (κ1) is 22.5. The number of hydrogen-bond donors (Lipinski definition) is 2. The summed E-state index contributed by atoms with van der Waals surface area (Å²) in [5, 5.41) is 6.26. The summed E-state index contributed by atoms with van der Waals surface area (Å²) in [4.78, 5) is 43.5. The molecule has 0 radical (unpaired) electrons. The molecular formula is C24H24N4O4S. The quantitative estimate of drug-likeness (QED) is 0.575. The van der Waals surface area contributed by atoms with Gasteiger partial charge in [-0.05, 0) is 37.1 Å². The van der Waals surface area contributed by atoms with E-state index in [4.69, 9.17) is 0 Å². The molecule has 0 aliphatic carbocycles. The van der Waals surface area contributed by atoms with E-state index < -0.39 is 12.0 Å². The highest BCUT2D eigenvalue weighted by Crippen LogP contribution is 2.37. The molecule has 1 unspecified atom stereocenters. The fourth-order valence-corrected chi connectivity index (χ4v) is 4.50. The Morgan fingerprint density at radius 1 is 1.09 bits per heavy atom. The second-order valence-electron chi connectivity index (χ2n) is 7.84. The van der Waals surface area contributed by atoms with E-state index >= 15 is 0 Å². The molecule has 1 atom stereocenters. The maximum atomic E-state index is 13.1. The Balaban J connectivity index is 1.54. The van der Waals surface area contributed by atoms with Crippen LogP contribution < -0.4 is 15.5 Å². The number of benzene rings is 2. The molecule has 3 aromatic rings. The summed E-state index contributed by atoms with van der Waals surface area (Å²) < 4.78 is 4.64. The zero-order chi connectivity index (χ0) is 23.5. The maximum Gasteiger partial charge on any atom is 0.413 e. The molecule has 8 nitrogen and oxygen atoms in total. The summed E-state index contributed by atoms with van der Waals surface area (Å²) in [6.45, 7) is 4.32. The van der Waals surface area contributed by atoms with Crippen LogP contribution in [-0.2, 0) is 14.3 Å². The molecule has 1 fully saturated rings. The van der Waals surface area contributed by atoms with Crippen LogP contribution in [0.1, 0.15) is 17.5 Å². The average Bonchev–Trinajstić information content (AvgIpc) is 3.39. The first-order valence-electron chi connectivity index (χ1n) is 10.5. The lowest BCUT2D eigenvalue weighted by atomic mass is 10.1. The van der Waals surface area contributed by atoms with Gasteiger partial charge in [-0.15, -0.1) is 0 Å². The Labute approximate surface area is 195 Å². The van der Waals surface area contributed by atoms with Gasteiger partial charge in [-0.3, -0.25) is 14.9 Å². The third-order valence-corrected chi connectivity index (χ3v) is 6.49. The summed E-state index contributed by atoms with van der Waals surface area (Å²) in [6, 6.07) is 15.2. The van der Waals surface area contributed by atoms with E-state index in [0.717, 1.165) is 33.7 Å². The molecule has 3 amide bonds. The van der Waals surface area contributed by atoms with E-state index in [-0.39, 0.29) is 18.2 Å². The smallest absolute Gasteiger partial charge is 0.413 e. The summed E-state index contributed by atoms with van der Waals surface area (Å²) in [6.07, 6.45) is -0.516. The van der Waals surface area contributed by atoms with Gasteiger partial charge in [0.1, 0.15) is 10.7 Å². The number of hydrogen-bond acceptors (Lipinski definition) is 6. The number of carbonyl (C=O) groups excluding carboxylic acids is 3. The van der Waals surface area contributed by atoms with E-state index in [1.807, 2.05) is 62.4 Å². The van der Waals surface area contributed by atoms with Crippen LogP contribution >= 0.6 is 11.3 Å². The lowest BCUT2D eigenvalue weighted by Crippen LogP contribution is -2.28. The Bertz CT molecular complexity index is 1210. The molecule has 1 saturated heterocycles. The number of methoxy groups -OCH3 is 1. The number of anilines is 3. The molecule has 33 heavy (non-hydrogen) atoms. The van der Waals surface area contributed by atoms with Crippen molar-refractivity contribution in [2.45, 2.75) is 20.3 Å². The molecule has 2 heterocycles. The number of aromatic nitrogens is 1. The van der Waals surface area contributed by atoms with Crippen molar-refractivity contribution in [2.24, 2.45) is 5.92 Å². The van der Waals surface area contributed by atoms with Crippen LogP contribution in [0.2, 0.25) is 0 Å². The second-order valence-corrected chi connectivity index (χ2v) is 8.84. The van der Waals surface area contributed by atoms with E-state index in [2.05, 4.69) is 20.4 Å². The first-order valence-corrected chi connectivity index (χ1v) is 11.3. The molecule has 1 aliphatic heterocycles. The third-order valence-electron chi connectivity index (χ3n) is 5.60. The van der Waals surface area contributed by atoms with Gasteiger partial charge < -0.3 is 15.0 Å². The molecule has 4 rings (SSSR count). The predicted molar refractivity (Wildman–Crippen MR) is 129 cm³/mol. The number of aryl methyl sites for hydroxylation is 2. The Kier molecular flexibility index (Phi) is 6.41. The first-order chi connectivity index (χ1) is 15.9. The average molecular weight is 465 g/mol. The highest BCUT2D eigenvalue weighted by Gasteiger charge is 2.36. The van der Waals surface area contributed by atoms with Gasteiger partial charge in [0.05, 0.1) is 13.0 Å². The Morgan fingerprint density at radius 2 is 1.85 bits per heavy atom. The van der Waals surface area contributed by atoms with Crippen molar-refractivity contribution in [3.63, 3.8) is 0 Å². The molecule has 2 aromatic carbocycles. The standard InChI is InChI=1S/C24H24N4O4S/c1-14-9-10-18(11-15(14)2)28-13-17(12-19(28)29)21(30)26-22-20(16-7-5-4-6-8-16)25-23(33-22)27-24(31)32-3/h4-11,17H,12-13H2,1-3H3,(H,26,30)(H,25,27,31). The normalized spacial score (nSPS) is 15.4. The lowest BCUT2D eigenvalue weighted by Gasteiger charge is -2.18. The number of amides is 3. The molecule has 9 heteroatoms. The molecule has 0 spiro atoms. The van der Waals surface area contributed by atoms with Gasteiger partial charge in [-0.25, -0.2) is 9.78 Å². The van der Waals surface area contributed by atoms with Crippen LogP contribution in [0.4, 0.5) is 20.6 Å². The summed E-state index contributed by atoms with van der Waals surface area (Å²) in [5.74, 6) is -0.846. The van der Waals surface area contributed by atoms with E-state index in [9.17, 15) is 14.4 Å². The molecular weight excluding hydrogens is 440 g/mol. The fraction of sp³-hybridized carbons (Fsp3) is 0.250. The molecule has 0 bridgehead atoms. The van der Waals surface area contributed by atoms with Gasteiger partial charge in [-0.1, -0.05) is 47.7 Å². The molecule has 2 N–H and O–H groups in total. The van der Waals surface area contributed by atoms with Crippen LogP contribution in [0.3, 0.4) is 0 Å². The van der Waals surface area contributed by atoms with Crippen molar-refractivity contribution < 1.29 is 19.1 Å². The van der Waals surface area contributed by atoms with Gasteiger partial charge >= 0.3 is 6.09 Å². The predicted octanol–water partition coefficient (Wildman–Crippen LogP) is 4.60. The van der Waals surface area contributed by atoms with Gasteiger partial charge in [0.25, 0.3) is 0 Å². The number of thiazole rings is 1. The van der Waals surface area contributed by atoms with Crippen molar-refractivity contribution in [1.29, 1.82) is 0 Å². The summed E-state index contributed by atoms with van der Waals surface area (Å²) >= 11 is 1.13. The monoisotopic (exact) mass is 464 g/mol. The maximum absolute atomic E-state index is 13.1. The van der Waals surface area contributed by atoms with Gasteiger partial charge in [0.15, 0.2) is 5.13 Å². The minimum absolute atomic E-state index is 0.0842. The van der Waals surface area contributed by atoms with Gasteiger partial charge in [0.2, 0.25) is 11.8 Å². The summed E-state index contributed by atoms with van der Waals surface area (Å²) in [7, 11) is 1.27. The SMILES string of the molecule is COC(=O)Nc1nc(-c2ccccc2)c(NC(=O)C2CC(=O)N(c3ccc(C)c(C)c3)C2)s1. The van der Waals surface area contributed by atoms with Crippen LogP contribution in [0.25, 0.3) is 11.3 Å². The van der Waals surface area contributed by atoms with Crippen LogP contribution in [-0.4, -0.2) is 36.5 Å². The largest absolute Gasteiger partial charge is 0.453 e. The van der Waals surface area contributed by atoms with Crippen molar-refractivity contribution in [3.8, 4) is 11.3 Å². The molecule has 170 valence electrons. The number of rotatable bonds is 5. The van der Waals surface area contributed by atoms with Crippen LogP contribution in [0.15, 0.2) is 48.5 Å². The van der Waals surface area contributed by atoms with Crippen molar-refractivity contribution in [3.05, 3.63) is 59.7 Å². The number of nitrogens with one attached hydrogen (secondary N) is 2. The zero-order valence-corrected chi connectivity index (χ0v) is 19.4. The van der Waals surface area contributed by atoms with Crippen molar-refractivity contribution >= 4 is 45.1 Å². The third kappa shape index (κ3) is 4.88.